The van der Waals surface area contributed by atoms with Gasteiger partial charge in [0, 0.05) is 13.1 Å². The van der Waals surface area contributed by atoms with Gasteiger partial charge in [-0.15, -0.1) is 0 Å². The third kappa shape index (κ3) is 4.48. The summed E-state index contributed by atoms with van der Waals surface area (Å²) in [5, 5.41) is 0. The van der Waals surface area contributed by atoms with Gasteiger partial charge in [-0.2, -0.15) is 0 Å². The average molecular weight is 359 g/mol. The maximum absolute atomic E-state index is 12.6. The van der Waals surface area contributed by atoms with Crippen molar-refractivity contribution in [2.45, 2.75) is 44.2 Å². The molecule has 1 aliphatic rings. The van der Waals surface area contributed by atoms with Crippen LogP contribution in [0.5, 0.6) is 0 Å². The van der Waals surface area contributed by atoms with Crippen molar-refractivity contribution in [2.24, 2.45) is 0 Å². The molecule has 0 aliphatic heterocycles. The van der Waals surface area contributed by atoms with Crippen LogP contribution in [-0.2, 0) is 36.0 Å². The molecule has 1 aliphatic carbocycles. The molecule has 4 nitrogen and oxygen atoms in total. The fourth-order valence-electron chi connectivity index (χ4n) is 3.24. The number of sulfonamides is 1. The van der Waals surface area contributed by atoms with Crippen LogP contribution >= 0.6 is 0 Å². The van der Waals surface area contributed by atoms with E-state index in [1.54, 1.807) is 6.07 Å². The van der Waals surface area contributed by atoms with Crippen molar-refractivity contribution in [3.8, 4) is 0 Å². The zero-order valence-corrected chi connectivity index (χ0v) is 15.8. The zero-order valence-electron chi connectivity index (χ0n) is 15.0. The third-order valence-corrected chi connectivity index (χ3v) is 6.23. The average Bonchev–Trinajstić information content (AvgIpc) is 3.08. The van der Waals surface area contributed by atoms with E-state index in [9.17, 15) is 8.42 Å². The van der Waals surface area contributed by atoms with Gasteiger partial charge in [0.2, 0.25) is 10.0 Å². The Hall–Kier alpha value is -1.69. The number of rotatable bonds is 7. The maximum Gasteiger partial charge on any atom is 0.240 e. The van der Waals surface area contributed by atoms with Crippen LogP contribution in [0.2, 0.25) is 0 Å². The first-order valence-electron chi connectivity index (χ1n) is 8.86. The fourth-order valence-corrected chi connectivity index (χ4v) is 4.31. The highest BCUT2D eigenvalue weighted by atomic mass is 32.2. The molecule has 2 aromatic rings. The Balaban J connectivity index is 1.69. The lowest BCUT2D eigenvalue weighted by molar-refractivity contribution is 0.345. The van der Waals surface area contributed by atoms with Gasteiger partial charge < -0.3 is 4.90 Å². The minimum absolute atomic E-state index is 0.309. The number of nitrogens with zero attached hydrogens (tertiary/aromatic N) is 1. The quantitative estimate of drug-likeness (QED) is 0.827. The van der Waals surface area contributed by atoms with Gasteiger partial charge in [0.05, 0.1) is 4.90 Å². The van der Waals surface area contributed by atoms with Crippen LogP contribution in [0.25, 0.3) is 0 Å². The Bertz CT molecular complexity index is 847. The fraction of sp³-hybridized carbons (Fsp3) is 0.400. The van der Waals surface area contributed by atoms with Gasteiger partial charge in [-0.05, 0) is 67.2 Å². The summed E-state index contributed by atoms with van der Waals surface area (Å²) in [4.78, 5) is 2.59. The number of hydrogen-bond donors (Lipinski definition) is 1. The van der Waals surface area contributed by atoms with Crippen molar-refractivity contribution in [3.63, 3.8) is 0 Å². The largest absolute Gasteiger partial charge is 0.302 e. The molecule has 0 amide bonds. The Morgan fingerprint density at radius 2 is 1.80 bits per heavy atom. The van der Waals surface area contributed by atoms with E-state index < -0.39 is 10.0 Å². The second-order valence-electron chi connectivity index (χ2n) is 6.76. The molecule has 25 heavy (non-hydrogen) atoms. The van der Waals surface area contributed by atoms with Crippen LogP contribution < -0.4 is 4.72 Å². The molecule has 2 aromatic carbocycles. The number of aryl methyl sites for hydroxylation is 2. The van der Waals surface area contributed by atoms with Crippen LogP contribution in [0, 0.1) is 0 Å². The summed E-state index contributed by atoms with van der Waals surface area (Å²) >= 11 is 0. The summed E-state index contributed by atoms with van der Waals surface area (Å²) in [7, 11) is -1.41. The van der Waals surface area contributed by atoms with E-state index in [4.69, 9.17) is 0 Å². The summed E-state index contributed by atoms with van der Waals surface area (Å²) in [5.74, 6) is 0. The van der Waals surface area contributed by atoms with Gasteiger partial charge in [-0.1, -0.05) is 37.3 Å². The van der Waals surface area contributed by atoms with Gasteiger partial charge in [0.1, 0.15) is 0 Å². The highest BCUT2D eigenvalue weighted by Gasteiger charge is 2.18. The predicted molar refractivity (Wildman–Crippen MR) is 101 cm³/mol. The van der Waals surface area contributed by atoms with E-state index in [2.05, 4.69) is 35.7 Å². The van der Waals surface area contributed by atoms with Gasteiger partial charge in [-0.25, -0.2) is 13.1 Å². The summed E-state index contributed by atoms with van der Waals surface area (Å²) < 4.78 is 27.9. The van der Waals surface area contributed by atoms with Gasteiger partial charge >= 0.3 is 0 Å². The molecule has 0 atom stereocenters. The van der Waals surface area contributed by atoms with Crippen LogP contribution in [0.1, 0.15) is 35.6 Å². The van der Waals surface area contributed by atoms with Crippen molar-refractivity contribution in [2.75, 3.05) is 13.6 Å². The van der Waals surface area contributed by atoms with Crippen molar-refractivity contribution in [3.05, 3.63) is 64.7 Å². The molecule has 3 rings (SSSR count). The van der Waals surface area contributed by atoms with Crippen molar-refractivity contribution in [1.29, 1.82) is 0 Å². The van der Waals surface area contributed by atoms with Crippen LogP contribution in [0.4, 0.5) is 0 Å². The lowest BCUT2D eigenvalue weighted by Gasteiger charge is -2.14. The molecule has 0 spiro atoms. The Labute approximate surface area is 150 Å². The van der Waals surface area contributed by atoms with Crippen molar-refractivity contribution < 1.29 is 8.42 Å². The molecule has 5 heteroatoms. The standard InChI is InChI=1S/C20H26N2O2S/c1-3-22(2)15-17-7-4-6-16(12-17)14-21-25(23,24)20-11-10-18-8-5-9-19(18)13-20/h4,6-7,10-13,21H,3,5,8-9,14-15H2,1-2H3. The van der Waals surface area contributed by atoms with Crippen molar-refractivity contribution in [1.82, 2.24) is 9.62 Å². The zero-order chi connectivity index (χ0) is 17.9. The number of fused-ring (bicyclic) bond motifs is 1. The Morgan fingerprint density at radius 3 is 2.60 bits per heavy atom. The first-order chi connectivity index (χ1) is 12.0. The molecule has 0 radical (unpaired) electrons. The molecule has 0 saturated heterocycles. The molecular formula is C20H26N2O2S. The van der Waals surface area contributed by atoms with Gasteiger partial charge in [-0.3, -0.25) is 0 Å². The molecule has 0 fully saturated rings. The highest BCUT2D eigenvalue weighted by molar-refractivity contribution is 7.89. The molecular weight excluding hydrogens is 332 g/mol. The first-order valence-corrected chi connectivity index (χ1v) is 10.3. The lowest BCUT2D eigenvalue weighted by Crippen LogP contribution is -2.23. The minimum Gasteiger partial charge on any atom is -0.302 e. The second kappa shape index (κ2) is 7.68. The summed E-state index contributed by atoms with van der Waals surface area (Å²) in [6.07, 6.45) is 3.15. The molecule has 0 aromatic heterocycles. The SMILES string of the molecule is CCN(C)Cc1cccc(CNS(=O)(=O)c2ccc3c(c2)CCC3)c1. The topological polar surface area (TPSA) is 49.4 Å². The first kappa shape index (κ1) is 18.1. The van der Waals surface area contributed by atoms with E-state index in [-0.39, 0.29) is 0 Å². The Morgan fingerprint density at radius 1 is 1.04 bits per heavy atom. The molecule has 134 valence electrons. The number of benzene rings is 2. The van der Waals surface area contributed by atoms with Crippen LogP contribution in [0.3, 0.4) is 0 Å². The normalized spacial score (nSPS) is 14.0. The third-order valence-electron chi connectivity index (χ3n) is 4.83. The van der Waals surface area contributed by atoms with Crippen LogP contribution in [-0.4, -0.2) is 26.9 Å². The van der Waals surface area contributed by atoms with Crippen LogP contribution in [0.15, 0.2) is 47.4 Å². The molecule has 0 bridgehead atoms. The summed E-state index contributed by atoms with van der Waals surface area (Å²) in [6, 6.07) is 13.6. The monoisotopic (exact) mass is 358 g/mol. The van der Waals surface area contributed by atoms with E-state index in [1.807, 2.05) is 24.3 Å². The second-order valence-corrected chi connectivity index (χ2v) is 8.53. The summed E-state index contributed by atoms with van der Waals surface area (Å²) in [6.45, 7) is 4.27. The minimum atomic E-state index is -3.48. The smallest absolute Gasteiger partial charge is 0.240 e. The molecule has 0 unspecified atom stereocenters. The Kier molecular flexibility index (Phi) is 5.57. The van der Waals surface area contributed by atoms with Crippen molar-refractivity contribution >= 4 is 10.0 Å². The number of hydrogen-bond acceptors (Lipinski definition) is 3. The molecule has 0 heterocycles. The highest BCUT2D eigenvalue weighted by Crippen LogP contribution is 2.24. The number of nitrogens with one attached hydrogen (secondary N) is 1. The molecule has 0 saturated carbocycles. The van der Waals surface area contributed by atoms with E-state index in [0.29, 0.717) is 11.4 Å². The van der Waals surface area contributed by atoms with E-state index in [1.165, 1.54) is 16.7 Å². The van der Waals surface area contributed by atoms with E-state index in [0.717, 1.165) is 37.9 Å². The summed E-state index contributed by atoms with van der Waals surface area (Å²) in [5.41, 5.74) is 4.63. The lowest BCUT2D eigenvalue weighted by atomic mass is 10.1. The predicted octanol–water partition coefficient (Wildman–Crippen LogP) is 3.11. The van der Waals surface area contributed by atoms with Gasteiger partial charge in [0.25, 0.3) is 0 Å². The maximum atomic E-state index is 12.6. The van der Waals surface area contributed by atoms with E-state index >= 15 is 0 Å². The molecule has 1 N–H and O–H groups in total. The van der Waals surface area contributed by atoms with Gasteiger partial charge in [0.15, 0.2) is 0 Å².